The number of nitro benzene ring substituents is 1. The molecular weight excluding hydrogens is 376 g/mol. The Morgan fingerprint density at radius 2 is 2.00 bits per heavy atom. The van der Waals surface area contributed by atoms with Crippen molar-refractivity contribution in [2.45, 2.75) is 44.0 Å². The van der Waals surface area contributed by atoms with Crippen molar-refractivity contribution >= 4 is 37.7 Å². The highest BCUT2D eigenvalue weighted by Gasteiger charge is 2.41. The first-order valence-corrected chi connectivity index (χ1v) is 10.3. The summed E-state index contributed by atoms with van der Waals surface area (Å²) in [6, 6.07) is 3.98. The summed E-state index contributed by atoms with van der Waals surface area (Å²) in [7, 11) is -2.10. The quantitative estimate of drug-likeness (QED) is 0.593. The van der Waals surface area contributed by atoms with E-state index in [9.17, 15) is 18.5 Å². The molecule has 0 bridgehead atoms. The lowest BCUT2D eigenvalue weighted by molar-refractivity contribution is -0.384. The summed E-state index contributed by atoms with van der Waals surface area (Å²) in [4.78, 5) is 16.9. The Morgan fingerprint density at radius 3 is 2.50 bits per heavy atom. The summed E-state index contributed by atoms with van der Waals surface area (Å²) >= 11 is 1.43. The van der Waals surface area contributed by atoms with Crippen molar-refractivity contribution in [3.63, 3.8) is 0 Å². The van der Waals surface area contributed by atoms with Crippen LogP contribution in [0.25, 0.3) is 0 Å². The van der Waals surface area contributed by atoms with Gasteiger partial charge >= 0.3 is 0 Å². The van der Waals surface area contributed by atoms with Crippen LogP contribution in [0.1, 0.15) is 30.5 Å². The highest BCUT2D eigenvalue weighted by molar-refractivity contribution is 7.89. The van der Waals surface area contributed by atoms with Crippen molar-refractivity contribution in [3.05, 3.63) is 39.0 Å². The van der Waals surface area contributed by atoms with Gasteiger partial charge in [0, 0.05) is 18.7 Å². The monoisotopic (exact) mass is 396 g/mol. The molecule has 0 amide bonds. The van der Waals surface area contributed by atoms with Crippen LogP contribution in [-0.4, -0.2) is 30.9 Å². The standard InChI is InChI=1S/C16H20N4O4S2/c1-10-15(25-11(2)17-10)19(4)13-6-5-12(9-14(13)20(21)22)26(23,24)18-16(3)7-8-16/h5-6,9,18H,7-8H2,1-4H3. The summed E-state index contributed by atoms with van der Waals surface area (Å²) in [5.74, 6) is 0. The highest BCUT2D eigenvalue weighted by atomic mass is 32.2. The molecule has 1 aromatic heterocycles. The smallest absolute Gasteiger partial charge is 0.294 e. The van der Waals surface area contributed by atoms with E-state index in [1.165, 1.54) is 23.5 Å². The average molecular weight is 396 g/mol. The van der Waals surface area contributed by atoms with Gasteiger partial charge in [-0.1, -0.05) is 0 Å². The van der Waals surface area contributed by atoms with E-state index in [0.717, 1.165) is 34.6 Å². The van der Waals surface area contributed by atoms with Crippen molar-refractivity contribution in [2.24, 2.45) is 0 Å². The van der Waals surface area contributed by atoms with Crippen LogP contribution in [0.15, 0.2) is 23.1 Å². The number of hydrogen-bond acceptors (Lipinski definition) is 7. The second-order valence-corrected chi connectivity index (χ2v) is 9.62. The number of aryl methyl sites for hydroxylation is 2. The van der Waals surface area contributed by atoms with Gasteiger partial charge in [0.05, 0.1) is 20.5 Å². The number of thiazole rings is 1. The Hall–Kier alpha value is -2.04. The summed E-state index contributed by atoms with van der Waals surface area (Å²) in [5.41, 5.74) is 0.379. The number of anilines is 2. The predicted molar refractivity (Wildman–Crippen MR) is 101 cm³/mol. The normalized spacial score (nSPS) is 15.7. The fraction of sp³-hybridized carbons (Fsp3) is 0.438. The largest absolute Gasteiger partial charge is 0.329 e. The van der Waals surface area contributed by atoms with Crippen LogP contribution >= 0.6 is 11.3 Å². The molecule has 0 saturated heterocycles. The molecule has 1 aliphatic carbocycles. The van der Waals surface area contributed by atoms with E-state index in [1.54, 1.807) is 11.9 Å². The average Bonchev–Trinajstić information content (AvgIpc) is 3.16. The third-order valence-electron chi connectivity index (χ3n) is 4.38. The Labute approximate surface area is 156 Å². The highest BCUT2D eigenvalue weighted by Crippen LogP contribution is 2.39. The number of aromatic nitrogens is 1. The molecule has 1 saturated carbocycles. The number of rotatable bonds is 6. The predicted octanol–water partition coefficient (Wildman–Crippen LogP) is 3.27. The molecule has 0 atom stereocenters. The van der Waals surface area contributed by atoms with Crippen molar-refractivity contribution in [1.29, 1.82) is 0 Å². The van der Waals surface area contributed by atoms with Crippen molar-refractivity contribution in [2.75, 3.05) is 11.9 Å². The number of sulfonamides is 1. The van der Waals surface area contributed by atoms with Gasteiger partial charge in [0.1, 0.15) is 10.7 Å². The Morgan fingerprint density at radius 1 is 1.35 bits per heavy atom. The molecule has 10 heteroatoms. The summed E-state index contributed by atoms with van der Waals surface area (Å²) in [6.45, 7) is 5.51. The van der Waals surface area contributed by atoms with E-state index in [4.69, 9.17) is 0 Å². The molecule has 1 N–H and O–H groups in total. The van der Waals surface area contributed by atoms with E-state index in [0.29, 0.717) is 5.69 Å². The zero-order chi connectivity index (χ0) is 19.3. The van der Waals surface area contributed by atoms with Crippen LogP contribution in [0.2, 0.25) is 0 Å². The maximum absolute atomic E-state index is 12.5. The van der Waals surface area contributed by atoms with E-state index in [-0.39, 0.29) is 10.6 Å². The van der Waals surface area contributed by atoms with E-state index < -0.39 is 20.5 Å². The number of nitrogens with one attached hydrogen (secondary N) is 1. The van der Waals surface area contributed by atoms with Crippen molar-refractivity contribution in [3.8, 4) is 0 Å². The molecule has 1 aliphatic rings. The molecule has 26 heavy (non-hydrogen) atoms. The molecular formula is C16H20N4O4S2. The van der Waals surface area contributed by atoms with Gasteiger partial charge in [0.25, 0.3) is 5.69 Å². The maximum Gasteiger partial charge on any atom is 0.294 e. The van der Waals surface area contributed by atoms with E-state index in [1.807, 2.05) is 20.8 Å². The first-order chi connectivity index (χ1) is 12.0. The van der Waals surface area contributed by atoms with Gasteiger partial charge in [-0.2, -0.15) is 0 Å². The van der Waals surface area contributed by atoms with Crippen LogP contribution < -0.4 is 9.62 Å². The van der Waals surface area contributed by atoms with Crippen molar-refractivity contribution < 1.29 is 13.3 Å². The fourth-order valence-corrected chi connectivity index (χ4v) is 5.09. The second kappa shape index (κ2) is 6.29. The summed E-state index contributed by atoms with van der Waals surface area (Å²) in [6.07, 6.45) is 1.53. The van der Waals surface area contributed by atoms with Crippen LogP contribution in [0, 0.1) is 24.0 Å². The molecule has 0 aliphatic heterocycles. The molecule has 1 fully saturated rings. The fourth-order valence-electron chi connectivity index (χ4n) is 2.71. The Kier molecular flexibility index (Phi) is 4.53. The molecule has 0 radical (unpaired) electrons. The van der Waals surface area contributed by atoms with Gasteiger partial charge in [-0.3, -0.25) is 10.1 Å². The van der Waals surface area contributed by atoms with Crippen molar-refractivity contribution in [1.82, 2.24) is 9.71 Å². The van der Waals surface area contributed by atoms with Gasteiger partial charge in [0.15, 0.2) is 0 Å². The third-order valence-corrected chi connectivity index (χ3v) is 7.17. The maximum atomic E-state index is 12.5. The van der Waals surface area contributed by atoms with Gasteiger partial charge in [-0.15, -0.1) is 11.3 Å². The van der Waals surface area contributed by atoms with Gasteiger partial charge in [0.2, 0.25) is 10.0 Å². The lowest BCUT2D eigenvalue weighted by atomic mass is 10.2. The van der Waals surface area contributed by atoms with Crippen LogP contribution in [0.5, 0.6) is 0 Å². The van der Waals surface area contributed by atoms with Crippen LogP contribution in [-0.2, 0) is 10.0 Å². The zero-order valence-corrected chi connectivity index (χ0v) is 16.6. The first kappa shape index (κ1) is 18.7. The molecule has 2 aromatic rings. The summed E-state index contributed by atoms with van der Waals surface area (Å²) in [5, 5.41) is 13.2. The molecule has 0 unspecified atom stereocenters. The molecule has 3 rings (SSSR count). The van der Waals surface area contributed by atoms with E-state index >= 15 is 0 Å². The molecule has 0 spiro atoms. The third kappa shape index (κ3) is 3.57. The minimum Gasteiger partial charge on any atom is -0.329 e. The molecule has 1 aromatic carbocycles. The number of benzene rings is 1. The number of nitrogens with zero attached hydrogens (tertiary/aromatic N) is 3. The van der Waals surface area contributed by atoms with Gasteiger partial charge in [-0.05, 0) is 45.7 Å². The van der Waals surface area contributed by atoms with Crippen LogP contribution in [0.4, 0.5) is 16.4 Å². The topological polar surface area (TPSA) is 105 Å². The first-order valence-electron chi connectivity index (χ1n) is 8.03. The number of nitro groups is 1. The lowest BCUT2D eigenvalue weighted by Crippen LogP contribution is -2.34. The van der Waals surface area contributed by atoms with Gasteiger partial charge in [-0.25, -0.2) is 18.1 Å². The SMILES string of the molecule is Cc1nc(C)c(N(C)c2ccc(S(=O)(=O)NC3(C)CC3)cc2[N+](=O)[O-])s1. The molecule has 8 nitrogen and oxygen atoms in total. The van der Waals surface area contributed by atoms with Crippen LogP contribution in [0.3, 0.4) is 0 Å². The lowest BCUT2D eigenvalue weighted by Gasteiger charge is -2.19. The van der Waals surface area contributed by atoms with Gasteiger partial charge < -0.3 is 4.90 Å². The molecule has 1 heterocycles. The number of hydrogen-bond donors (Lipinski definition) is 1. The minimum absolute atomic E-state index is 0.105. The Bertz CT molecular complexity index is 980. The Balaban J connectivity index is 2.02. The second-order valence-electron chi connectivity index (χ2n) is 6.76. The zero-order valence-electron chi connectivity index (χ0n) is 14.9. The van der Waals surface area contributed by atoms with E-state index in [2.05, 4.69) is 9.71 Å². The summed E-state index contributed by atoms with van der Waals surface area (Å²) < 4.78 is 27.6. The minimum atomic E-state index is -3.81. The molecule has 140 valence electrons.